The first kappa shape index (κ1) is 20.3. The average molecular weight is 425 g/mol. The van der Waals surface area contributed by atoms with Crippen LogP contribution >= 0.6 is 23.2 Å². The second kappa shape index (κ2) is 6.31. The molecular weight excluding hydrogens is 420 g/mol. The van der Waals surface area contributed by atoms with E-state index in [9.17, 15) is 40.3 Å². The molecule has 1 aromatic carbocycles. The molecule has 0 amide bonds. The highest BCUT2D eigenvalue weighted by atomic mass is 35.5. The van der Waals surface area contributed by atoms with Crippen LogP contribution in [0.2, 0.25) is 10.0 Å². The van der Waals surface area contributed by atoms with Gasteiger partial charge in [0, 0.05) is 6.07 Å². The highest BCUT2D eigenvalue weighted by molar-refractivity contribution is 6.43. The summed E-state index contributed by atoms with van der Waals surface area (Å²) in [7, 11) is 0. The molecular formula is C13H5Cl2F7N2O2. The van der Waals surface area contributed by atoms with E-state index in [1.165, 1.54) is 12.1 Å². The third-order valence-corrected chi connectivity index (χ3v) is 4.00. The van der Waals surface area contributed by atoms with Gasteiger partial charge in [0.1, 0.15) is 5.69 Å². The van der Waals surface area contributed by atoms with E-state index in [-0.39, 0.29) is 26.4 Å². The third kappa shape index (κ3) is 3.09. The summed E-state index contributed by atoms with van der Waals surface area (Å²) < 4.78 is 90.2. The molecule has 0 spiro atoms. The Kier molecular flexibility index (Phi) is 4.92. The van der Waals surface area contributed by atoms with E-state index in [0.717, 1.165) is 11.1 Å². The minimum absolute atomic E-state index is 0.131. The Labute approximate surface area is 148 Å². The molecule has 0 unspecified atom stereocenters. The van der Waals surface area contributed by atoms with Crippen molar-refractivity contribution in [2.45, 2.75) is 18.0 Å². The van der Waals surface area contributed by atoms with Crippen LogP contribution in [0.1, 0.15) is 5.69 Å². The summed E-state index contributed by atoms with van der Waals surface area (Å²) in [6.07, 6.45) is -6.63. The van der Waals surface area contributed by atoms with E-state index in [1.54, 1.807) is 0 Å². The Morgan fingerprint density at radius 2 is 1.54 bits per heavy atom. The zero-order valence-corrected chi connectivity index (χ0v) is 13.5. The molecule has 1 N–H and O–H groups in total. The van der Waals surface area contributed by atoms with Crippen LogP contribution in [0.25, 0.3) is 5.69 Å². The molecule has 13 heteroatoms. The maximum atomic E-state index is 13.6. The Morgan fingerprint density at radius 1 is 0.962 bits per heavy atom. The minimum Gasteiger partial charge on any atom is -0.305 e. The Morgan fingerprint density at radius 3 is 2.04 bits per heavy atom. The van der Waals surface area contributed by atoms with Gasteiger partial charge >= 0.3 is 23.7 Å². The quantitative estimate of drug-likeness (QED) is 0.753. The molecule has 0 aliphatic carbocycles. The van der Waals surface area contributed by atoms with E-state index in [2.05, 4.69) is 0 Å². The molecule has 2 aromatic rings. The van der Waals surface area contributed by atoms with Gasteiger partial charge in [0.15, 0.2) is 0 Å². The van der Waals surface area contributed by atoms with E-state index in [4.69, 9.17) is 23.2 Å². The van der Waals surface area contributed by atoms with Crippen LogP contribution in [0.3, 0.4) is 0 Å². The Balaban J connectivity index is 2.70. The minimum atomic E-state index is -6.63. The molecule has 142 valence electrons. The molecule has 0 aliphatic heterocycles. The maximum absolute atomic E-state index is 13.6. The zero-order valence-electron chi connectivity index (χ0n) is 12.0. The van der Waals surface area contributed by atoms with Crippen molar-refractivity contribution in [1.82, 2.24) is 9.55 Å². The van der Waals surface area contributed by atoms with Gasteiger partial charge in [-0.2, -0.15) is 30.7 Å². The lowest BCUT2D eigenvalue weighted by atomic mass is 10.1. The van der Waals surface area contributed by atoms with Gasteiger partial charge < -0.3 is 4.98 Å². The molecule has 1 heterocycles. The number of nitrogens with one attached hydrogen (secondary N) is 1. The highest BCUT2D eigenvalue weighted by Gasteiger charge is 2.74. The van der Waals surface area contributed by atoms with Gasteiger partial charge in [-0.1, -0.05) is 29.3 Å². The molecule has 1 aromatic heterocycles. The van der Waals surface area contributed by atoms with Crippen LogP contribution < -0.4 is 11.2 Å². The SMILES string of the molecule is O=c1cc(C(F)(F)C(F)(F)C(F)(F)F)[nH]c(=O)n1-c1cccc(Cl)c1Cl. The highest BCUT2D eigenvalue weighted by Crippen LogP contribution is 2.50. The number of alkyl halides is 7. The van der Waals surface area contributed by atoms with Gasteiger partial charge in [-0.25, -0.2) is 9.36 Å². The first-order chi connectivity index (χ1) is 11.7. The molecule has 0 bridgehead atoms. The predicted octanol–water partition coefficient (Wildman–Crippen LogP) is 4.12. The van der Waals surface area contributed by atoms with Gasteiger partial charge in [-0.05, 0) is 12.1 Å². The van der Waals surface area contributed by atoms with Crippen molar-refractivity contribution in [2.24, 2.45) is 0 Å². The van der Waals surface area contributed by atoms with Gasteiger partial charge in [-0.15, -0.1) is 0 Å². The molecule has 4 nitrogen and oxygen atoms in total. The first-order valence-electron chi connectivity index (χ1n) is 6.35. The number of halogens is 9. The van der Waals surface area contributed by atoms with Crippen molar-refractivity contribution in [2.75, 3.05) is 0 Å². The third-order valence-electron chi connectivity index (χ3n) is 3.19. The predicted molar refractivity (Wildman–Crippen MR) is 77.6 cm³/mol. The molecule has 0 saturated carbocycles. The molecule has 0 aliphatic rings. The van der Waals surface area contributed by atoms with Gasteiger partial charge in [0.2, 0.25) is 0 Å². The van der Waals surface area contributed by atoms with E-state index in [0.29, 0.717) is 0 Å². The smallest absolute Gasteiger partial charge is 0.305 e. The van der Waals surface area contributed by atoms with Crippen LogP contribution in [0, 0.1) is 0 Å². The maximum Gasteiger partial charge on any atom is 0.460 e. The topological polar surface area (TPSA) is 54.9 Å². The number of benzene rings is 1. The largest absolute Gasteiger partial charge is 0.460 e. The molecule has 0 radical (unpaired) electrons. The summed E-state index contributed by atoms with van der Waals surface area (Å²) >= 11 is 11.5. The second-order valence-electron chi connectivity index (χ2n) is 4.88. The van der Waals surface area contributed by atoms with Crippen LogP contribution in [-0.4, -0.2) is 21.6 Å². The molecule has 0 fully saturated rings. The molecule has 26 heavy (non-hydrogen) atoms. The number of aromatic nitrogens is 2. The monoisotopic (exact) mass is 424 g/mol. The summed E-state index contributed by atoms with van der Waals surface area (Å²) in [6, 6.07) is 3.32. The van der Waals surface area contributed by atoms with Crippen LogP contribution in [0.4, 0.5) is 30.7 Å². The van der Waals surface area contributed by atoms with Gasteiger partial charge in [0.25, 0.3) is 5.56 Å². The van der Waals surface area contributed by atoms with Crippen molar-refractivity contribution in [3.8, 4) is 5.69 Å². The number of nitrogens with zero attached hydrogens (tertiary/aromatic N) is 1. The number of rotatable bonds is 3. The number of H-pyrrole nitrogens is 1. The van der Waals surface area contributed by atoms with Crippen molar-refractivity contribution < 1.29 is 30.7 Å². The molecule has 0 atom stereocenters. The Bertz CT molecular complexity index is 935. The number of aromatic amines is 1. The summed E-state index contributed by atoms with van der Waals surface area (Å²) in [5, 5.41) is -0.477. The summed E-state index contributed by atoms with van der Waals surface area (Å²) in [6.45, 7) is 0. The lowest BCUT2D eigenvalue weighted by Gasteiger charge is -2.27. The summed E-state index contributed by atoms with van der Waals surface area (Å²) in [5.41, 5.74) is -5.92. The standard InChI is InChI=1S/C13H5Cl2F7N2O2/c14-5-2-1-3-6(9(5)15)24-8(25)4-7(23-10(24)26)11(16,17)12(18,19)13(20,21)22/h1-4H,(H,23,26). The summed E-state index contributed by atoms with van der Waals surface area (Å²) in [4.78, 5) is 25.0. The fourth-order valence-corrected chi connectivity index (χ4v) is 2.28. The van der Waals surface area contributed by atoms with Crippen LogP contribution in [0.15, 0.2) is 33.9 Å². The van der Waals surface area contributed by atoms with Crippen molar-refractivity contribution in [1.29, 1.82) is 0 Å². The lowest BCUT2D eigenvalue weighted by molar-refractivity contribution is -0.360. The fourth-order valence-electron chi connectivity index (χ4n) is 1.90. The summed E-state index contributed by atoms with van der Waals surface area (Å²) in [5.74, 6) is -12.4. The van der Waals surface area contributed by atoms with Gasteiger partial charge in [0.05, 0.1) is 15.7 Å². The lowest BCUT2D eigenvalue weighted by Crippen LogP contribution is -2.51. The number of hydrogen-bond donors (Lipinski definition) is 1. The molecule has 0 saturated heterocycles. The average Bonchev–Trinajstić information content (AvgIpc) is 2.49. The van der Waals surface area contributed by atoms with E-state index in [1.807, 2.05) is 0 Å². The van der Waals surface area contributed by atoms with E-state index >= 15 is 0 Å². The fraction of sp³-hybridized carbons (Fsp3) is 0.231. The van der Waals surface area contributed by atoms with Gasteiger partial charge in [-0.3, -0.25) is 4.79 Å². The molecule has 2 rings (SSSR count). The van der Waals surface area contributed by atoms with Crippen molar-refractivity contribution in [3.05, 3.63) is 60.8 Å². The number of hydrogen-bond acceptors (Lipinski definition) is 2. The Hall–Kier alpha value is -2.01. The van der Waals surface area contributed by atoms with E-state index < -0.39 is 35.0 Å². The second-order valence-corrected chi connectivity index (χ2v) is 5.67. The van der Waals surface area contributed by atoms with Crippen LogP contribution in [-0.2, 0) is 5.92 Å². The first-order valence-corrected chi connectivity index (χ1v) is 7.11. The van der Waals surface area contributed by atoms with Crippen molar-refractivity contribution in [3.63, 3.8) is 0 Å². The van der Waals surface area contributed by atoms with Crippen molar-refractivity contribution >= 4 is 23.2 Å². The van der Waals surface area contributed by atoms with Crippen LogP contribution in [0.5, 0.6) is 0 Å². The zero-order chi connectivity index (χ0) is 20.1. The normalized spacial score (nSPS) is 13.1.